The van der Waals surface area contributed by atoms with Crippen LogP contribution in [0.25, 0.3) is 15.9 Å². The third kappa shape index (κ3) is 4.12. The topological polar surface area (TPSA) is 73.1 Å². The van der Waals surface area contributed by atoms with Crippen LogP contribution in [0.4, 0.5) is 5.69 Å². The summed E-state index contributed by atoms with van der Waals surface area (Å²) >= 11 is 13.5. The second-order valence-corrected chi connectivity index (χ2v) is 9.89. The Balaban J connectivity index is 1.67. The Morgan fingerprint density at radius 3 is 2.52 bits per heavy atom. The van der Waals surface area contributed by atoms with E-state index < -0.39 is 5.69 Å². The Bertz CT molecular complexity index is 1500. The number of hydrogen-bond donors (Lipinski definition) is 1. The fraction of sp³-hybridized carbons (Fsp3) is 0.208. The molecule has 0 atom stereocenters. The minimum atomic E-state index is -0.560. The van der Waals surface area contributed by atoms with Gasteiger partial charge in [-0.1, -0.05) is 29.3 Å². The van der Waals surface area contributed by atoms with E-state index in [4.69, 9.17) is 23.2 Å². The first-order valence-corrected chi connectivity index (χ1v) is 12.1. The van der Waals surface area contributed by atoms with Gasteiger partial charge in [-0.25, -0.2) is 9.36 Å². The van der Waals surface area contributed by atoms with Crippen molar-refractivity contribution in [2.75, 3.05) is 5.32 Å². The number of amides is 1. The monoisotopic (exact) mass is 499 g/mol. The van der Waals surface area contributed by atoms with Gasteiger partial charge in [-0.05, 0) is 73.7 Å². The highest BCUT2D eigenvalue weighted by Gasteiger charge is 2.25. The van der Waals surface area contributed by atoms with Crippen LogP contribution >= 0.6 is 34.5 Å². The highest BCUT2D eigenvalue weighted by molar-refractivity contribution is 7.18. The molecule has 9 heteroatoms. The summed E-state index contributed by atoms with van der Waals surface area (Å²) in [5.41, 5.74) is 1.03. The number of rotatable bonds is 4. The summed E-state index contributed by atoms with van der Waals surface area (Å²) in [7, 11) is 0. The lowest BCUT2D eigenvalue weighted by atomic mass is 9.97. The molecule has 4 aromatic rings. The van der Waals surface area contributed by atoms with Crippen molar-refractivity contribution in [3.05, 3.63) is 89.9 Å². The van der Waals surface area contributed by atoms with E-state index in [1.165, 1.54) is 15.9 Å². The first kappa shape index (κ1) is 21.9. The zero-order valence-corrected chi connectivity index (χ0v) is 19.8. The van der Waals surface area contributed by atoms with Crippen molar-refractivity contribution in [3.8, 4) is 5.69 Å². The van der Waals surface area contributed by atoms with E-state index in [0.29, 0.717) is 31.6 Å². The average molecular weight is 500 g/mol. The van der Waals surface area contributed by atoms with Crippen LogP contribution in [0, 0.1) is 0 Å². The molecule has 0 unspecified atom stereocenters. The number of carbonyl (C=O) groups is 1. The van der Waals surface area contributed by atoms with Crippen LogP contribution in [0.3, 0.4) is 0 Å². The summed E-state index contributed by atoms with van der Waals surface area (Å²) in [6.45, 7) is -0.227. The Kier molecular flexibility index (Phi) is 5.86. The predicted molar refractivity (Wildman–Crippen MR) is 133 cm³/mol. The normalized spacial score (nSPS) is 13.2. The molecule has 33 heavy (non-hydrogen) atoms. The number of fused-ring (bicyclic) bond motifs is 3. The molecule has 1 aliphatic rings. The van der Waals surface area contributed by atoms with E-state index in [0.717, 1.165) is 40.7 Å². The summed E-state index contributed by atoms with van der Waals surface area (Å²) in [6.07, 6.45) is 3.70. The minimum Gasteiger partial charge on any atom is -0.324 e. The lowest BCUT2D eigenvalue weighted by Gasteiger charge is -2.14. The zero-order chi connectivity index (χ0) is 23.1. The predicted octanol–water partition coefficient (Wildman–Crippen LogP) is 5.04. The van der Waals surface area contributed by atoms with Crippen molar-refractivity contribution in [3.63, 3.8) is 0 Å². The molecule has 0 bridgehead atoms. The van der Waals surface area contributed by atoms with Crippen molar-refractivity contribution >= 4 is 56.3 Å². The molecule has 2 heterocycles. The number of aryl methyl sites for hydroxylation is 2. The maximum absolute atomic E-state index is 13.5. The van der Waals surface area contributed by atoms with Crippen molar-refractivity contribution in [1.82, 2.24) is 9.13 Å². The Labute approximate surface area is 203 Å². The van der Waals surface area contributed by atoms with Crippen LogP contribution in [-0.4, -0.2) is 15.0 Å². The average Bonchev–Trinajstić information content (AvgIpc) is 3.18. The van der Waals surface area contributed by atoms with Crippen LogP contribution in [0.1, 0.15) is 23.3 Å². The molecule has 0 saturated heterocycles. The quantitative estimate of drug-likeness (QED) is 0.427. The molecule has 5 rings (SSSR count). The van der Waals surface area contributed by atoms with Gasteiger partial charge in [0.1, 0.15) is 11.4 Å². The van der Waals surface area contributed by atoms with Gasteiger partial charge in [0.25, 0.3) is 5.56 Å². The summed E-state index contributed by atoms with van der Waals surface area (Å²) in [5, 5.41) is 4.31. The molecule has 1 amide bonds. The third-order valence-electron chi connectivity index (χ3n) is 5.73. The van der Waals surface area contributed by atoms with Gasteiger partial charge in [-0.2, -0.15) is 0 Å². The minimum absolute atomic E-state index is 0.227. The number of thiophene rings is 1. The molecule has 0 radical (unpaired) electrons. The second kappa shape index (κ2) is 8.82. The molecule has 0 saturated carbocycles. The third-order valence-corrected chi connectivity index (χ3v) is 7.53. The maximum Gasteiger partial charge on any atom is 0.337 e. The van der Waals surface area contributed by atoms with Crippen LogP contribution in [0.15, 0.2) is 58.1 Å². The number of aromatic nitrogens is 2. The Hall–Kier alpha value is -2.87. The largest absolute Gasteiger partial charge is 0.337 e. The van der Waals surface area contributed by atoms with Crippen molar-refractivity contribution in [2.45, 2.75) is 32.2 Å². The van der Waals surface area contributed by atoms with Gasteiger partial charge in [0.05, 0.1) is 11.1 Å². The number of nitrogens with one attached hydrogen (secondary N) is 1. The first-order valence-electron chi connectivity index (χ1n) is 10.5. The van der Waals surface area contributed by atoms with Gasteiger partial charge in [0.15, 0.2) is 0 Å². The van der Waals surface area contributed by atoms with Crippen LogP contribution in [-0.2, 0) is 24.2 Å². The Morgan fingerprint density at radius 1 is 1.00 bits per heavy atom. The van der Waals surface area contributed by atoms with Crippen molar-refractivity contribution < 1.29 is 4.79 Å². The van der Waals surface area contributed by atoms with E-state index in [2.05, 4.69) is 5.32 Å². The van der Waals surface area contributed by atoms with Gasteiger partial charge < -0.3 is 5.32 Å². The molecular formula is C24H19Cl2N3O3S. The van der Waals surface area contributed by atoms with Gasteiger partial charge >= 0.3 is 5.69 Å². The van der Waals surface area contributed by atoms with E-state index >= 15 is 0 Å². The summed E-state index contributed by atoms with van der Waals surface area (Å²) < 4.78 is 2.53. The maximum atomic E-state index is 13.5. The van der Waals surface area contributed by atoms with E-state index in [1.807, 2.05) is 0 Å². The van der Waals surface area contributed by atoms with Gasteiger partial charge in [-0.3, -0.25) is 14.2 Å². The van der Waals surface area contributed by atoms with E-state index in [9.17, 15) is 14.4 Å². The molecule has 2 aromatic heterocycles. The molecule has 1 aliphatic carbocycles. The van der Waals surface area contributed by atoms with Crippen molar-refractivity contribution in [2.24, 2.45) is 0 Å². The number of nitrogens with zero attached hydrogens (tertiary/aromatic N) is 2. The molecule has 168 valence electrons. The van der Waals surface area contributed by atoms with Gasteiger partial charge in [0.2, 0.25) is 5.91 Å². The number of carbonyl (C=O) groups excluding carboxylic acids is 1. The fourth-order valence-electron chi connectivity index (χ4n) is 4.24. The van der Waals surface area contributed by atoms with Crippen LogP contribution < -0.4 is 16.6 Å². The fourth-order valence-corrected chi connectivity index (χ4v) is 5.92. The van der Waals surface area contributed by atoms with E-state index in [1.54, 1.807) is 48.5 Å². The molecule has 2 aromatic carbocycles. The highest BCUT2D eigenvalue weighted by atomic mass is 35.5. The molecule has 0 fully saturated rings. The molecule has 0 spiro atoms. The summed E-state index contributed by atoms with van der Waals surface area (Å²) in [4.78, 5) is 41.6. The standard InChI is InChI=1S/C24H19Cl2N3O3S/c25-14-8-10-17(11-9-14)29-22(31)21-18-6-1-2-7-19(18)33-23(21)28(24(29)32)13-20(30)27-16-5-3-4-15(26)12-16/h3-5,8-12H,1-2,6-7,13H2,(H,27,30). The smallest absolute Gasteiger partial charge is 0.324 e. The lowest BCUT2D eigenvalue weighted by molar-refractivity contribution is -0.116. The summed E-state index contributed by atoms with van der Waals surface area (Å²) in [5.74, 6) is -0.381. The SMILES string of the molecule is O=C(Cn1c(=O)n(-c2ccc(Cl)cc2)c(=O)c2c3c(sc21)CCCC3)Nc1cccc(Cl)c1. The molecular weight excluding hydrogens is 481 g/mol. The number of anilines is 1. The van der Waals surface area contributed by atoms with Gasteiger partial charge in [-0.15, -0.1) is 11.3 Å². The molecule has 1 N–H and O–H groups in total. The van der Waals surface area contributed by atoms with Gasteiger partial charge in [0, 0.05) is 20.6 Å². The molecule has 6 nitrogen and oxygen atoms in total. The van der Waals surface area contributed by atoms with E-state index in [-0.39, 0.29) is 18.0 Å². The van der Waals surface area contributed by atoms with Crippen LogP contribution in [0.5, 0.6) is 0 Å². The Morgan fingerprint density at radius 2 is 1.76 bits per heavy atom. The highest BCUT2D eigenvalue weighted by Crippen LogP contribution is 2.34. The number of halogens is 2. The zero-order valence-electron chi connectivity index (χ0n) is 17.4. The summed E-state index contributed by atoms with van der Waals surface area (Å²) in [6, 6.07) is 13.3. The first-order chi connectivity index (χ1) is 15.9. The number of benzene rings is 2. The lowest BCUT2D eigenvalue weighted by Crippen LogP contribution is -2.40. The second-order valence-electron chi connectivity index (χ2n) is 7.94. The van der Waals surface area contributed by atoms with Crippen molar-refractivity contribution in [1.29, 1.82) is 0 Å². The number of hydrogen-bond acceptors (Lipinski definition) is 4. The molecule has 0 aliphatic heterocycles. The van der Waals surface area contributed by atoms with Crippen LogP contribution in [0.2, 0.25) is 10.0 Å².